The summed E-state index contributed by atoms with van der Waals surface area (Å²) in [5.74, 6) is -0.576. The molecule has 0 spiro atoms. The molecule has 1 saturated heterocycles. The second-order valence-electron chi connectivity index (χ2n) is 6.93. The monoisotopic (exact) mass is 487 g/mol. The minimum atomic E-state index is -0.571. The molecule has 2 amide bonds. The van der Waals surface area contributed by atoms with E-state index < -0.39 is 17.0 Å². The molecule has 0 aliphatic carbocycles. The summed E-state index contributed by atoms with van der Waals surface area (Å²) in [7, 11) is 0. The van der Waals surface area contributed by atoms with E-state index in [1.54, 1.807) is 24.3 Å². The smallest absolute Gasteiger partial charge is 0.293 e. The third-order valence-electron chi connectivity index (χ3n) is 4.74. The summed E-state index contributed by atoms with van der Waals surface area (Å²) >= 11 is 13.2. The number of carbonyl (C=O) groups excluding carboxylic acids is 2. The summed E-state index contributed by atoms with van der Waals surface area (Å²) in [5.41, 5.74) is 1.74. The maximum absolute atomic E-state index is 14.1. The molecule has 0 saturated carbocycles. The molecule has 4 nitrogen and oxygen atoms in total. The first-order valence-electron chi connectivity index (χ1n) is 9.57. The minimum absolute atomic E-state index is 0.0979. The average molecular weight is 488 g/mol. The Bertz CT molecular complexity index is 1200. The quantitative estimate of drug-likeness (QED) is 0.353. The van der Waals surface area contributed by atoms with Crippen LogP contribution in [0.4, 0.5) is 9.18 Å². The zero-order valence-corrected chi connectivity index (χ0v) is 18.9. The Morgan fingerprint density at radius 1 is 0.969 bits per heavy atom. The lowest BCUT2D eigenvalue weighted by Gasteiger charge is -2.14. The van der Waals surface area contributed by atoms with E-state index in [1.165, 1.54) is 18.2 Å². The normalized spacial score (nSPS) is 15.0. The highest BCUT2D eigenvalue weighted by Gasteiger charge is 2.35. The Labute approximate surface area is 198 Å². The highest BCUT2D eigenvalue weighted by Crippen LogP contribution is 2.35. The first kappa shape index (κ1) is 22.4. The van der Waals surface area contributed by atoms with Gasteiger partial charge in [-0.1, -0.05) is 65.7 Å². The Balaban J connectivity index is 1.48. The second kappa shape index (κ2) is 9.77. The lowest BCUT2D eigenvalue weighted by Crippen LogP contribution is -2.28. The van der Waals surface area contributed by atoms with Gasteiger partial charge in [0.25, 0.3) is 11.1 Å². The summed E-state index contributed by atoms with van der Waals surface area (Å²) in [6.45, 7) is 0.137. The Kier molecular flexibility index (Phi) is 6.84. The number of benzene rings is 3. The van der Waals surface area contributed by atoms with Crippen LogP contribution in [0, 0.1) is 5.82 Å². The summed E-state index contributed by atoms with van der Waals surface area (Å²) in [6.07, 6.45) is 1.57. The van der Waals surface area contributed by atoms with E-state index in [1.807, 2.05) is 30.3 Å². The van der Waals surface area contributed by atoms with Crippen LogP contribution >= 0.6 is 35.0 Å². The van der Waals surface area contributed by atoms with Crippen molar-refractivity contribution in [1.29, 1.82) is 0 Å². The van der Waals surface area contributed by atoms with Gasteiger partial charge < -0.3 is 4.74 Å². The van der Waals surface area contributed by atoms with Crippen molar-refractivity contribution in [1.82, 2.24) is 4.90 Å². The third-order valence-corrected chi connectivity index (χ3v) is 6.30. The van der Waals surface area contributed by atoms with E-state index in [9.17, 15) is 14.0 Å². The zero-order valence-electron chi connectivity index (χ0n) is 16.6. The van der Waals surface area contributed by atoms with Crippen molar-refractivity contribution in [2.75, 3.05) is 0 Å². The predicted octanol–water partition coefficient (Wildman–Crippen LogP) is 6.95. The van der Waals surface area contributed by atoms with Gasteiger partial charge in [-0.05, 0) is 53.2 Å². The van der Waals surface area contributed by atoms with Gasteiger partial charge in [-0.25, -0.2) is 4.39 Å². The van der Waals surface area contributed by atoms with Gasteiger partial charge in [0.1, 0.15) is 18.2 Å². The number of halogens is 3. The van der Waals surface area contributed by atoms with Crippen molar-refractivity contribution < 1.29 is 18.7 Å². The molecular weight excluding hydrogens is 472 g/mol. The fourth-order valence-electron chi connectivity index (χ4n) is 3.09. The predicted molar refractivity (Wildman–Crippen MR) is 125 cm³/mol. The standard InChI is InChI=1S/C24H16Cl2FNO3S/c25-18-7-4-8-20(27)17(18)13-28-23(29)22(32-24(28)30)12-16-9-10-21(19(26)11-16)31-14-15-5-2-1-3-6-15/h1-12H,13-14H2/b22-12-. The van der Waals surface area contributed by atoms with E-state index in [0.29, 0.717) is 22.9 Å². The van der Waals surface area contributed by atoms with Crippen molar-refractivity contribution in [3.8, 4) is 5.75 Å². The van der Waals surface area contributed by atoms with Crippen molar-refractivity contribution >= 4 is 52.2 Å². The van der Waals surface area contributed by atoms with Crippen LogP contribution in [0.15, 0.2) is 71.6 Å². The van der Waals surface area contributed by atoms with E-state index in [0.717, 1.165) is 22.2 Å². The van der Waals surface area contributed by atoms with Gasteiger partial charge in [-0.2, -0.15) is 0 Å². The number of rotatable bonds is 6. The van der Waals surface area contributed by atoms with E-state index in [4.69, 9.17) is 27.9 Å². The third kappa shape index (κ3) is 4.99. The number of thioether (sulfide) groups is 1. The Morgan fingerprint density at radius 3 is 2.47 bits per heavy atom. The molecule has 0 aromatic heterocycles. The van der Waals surface area contributed by atoms with Crippen LogP contribution < -0.4 is 4.74 Å². The maximum Gasteiger partial charge on any atom is 0.293 e. The molecule has 162 valence electrons. The molecule has 32 heavy (non-hydrogen) atoms. The highest BCUT2D eigenvalue weighted by atomic mass is 35.5. The molecule has 1 aliphatic rings. The summed E-state index contributed by atoms with van der Waals surface area (Å²) < 4.78 is 19.8. The molecule has 1 fully saturated rings. The van der Waals surface area contributed by atoms with Crippen molar-refractivity contribution in [3.05, 3.63) is 104 Å². The molecule has 3 aromatic rings. The zero-order chi connectivity index (χ0) is 22.7. The number of nitrogens with zero attached hydrogens (tertiary/aromatic N) is 1. The lowest BCUT2D eigenvalue weighted by molar-refractivity contribution is -0.123. The molecule has 0 bridgehead atoms. The fraction of sp³-hybridized carbons (Fsp3) is 0.0833. The van der Waals surface area contributed by atoms with Crippen LogP contribution in [-0.4, -0.2) is 16.0 Å². The molecule has 1 heterocycles. The summed E-state index contributed by atoms with van der Waals surface area (Å²) in [5, 5.41) is 0.0485. The maximum atomic E-state index is 14.1. The van der Waals surface area contributed by atoms with Crippen molar-refractivity contribution in [2.24, 2.45) is 0 Å². The number of hydrogen-bond donors (Lipinski definition) is 0. The SMILES string of the molecule is O=C1S/C(=C\c2ccc(OCc3ccccc3)c(Cl)c2)C(=O)N1Cc1c(F)cccc1Cl. The topological polar surface area (TPSA) is 46.6 Å². The number of hydrogen-bond acceptors (Lipinski definition) is 4. The molecule has 0 unspecified atom stereocenters. The summed E-state index contributed by atoms with van der Waals surface area (Å²) in [4.78, 5) is 26.3. The van der Waals surface area contributed by atoms with Crippen molar-refractivity contribution in [2.45, 2.75) is 13.2 Å². The molecule has 0 N–H and O–H groups in total. The first-order chi connectivity index (χ1) is 15.4. The summed E-state index contributed by atoms with van der Waals surface area (Å²) in [6, 6.07) is 19.0. The van der Waals surface area contributed by atoms with Crippen molar-refractivity contribution in [3.63, 3.8) is 0 Å². The molecule has 0 radical (unpaired) electrons. The van der Waals surface area contributed by atoms with Gasteiger partial charge in [-0.15, -0.1) is 0 Å². The van der Waals surface area contributed by atoms with Gasteiger partial charge in [0.05, 0.1) is 16.5 Å². The molecular formula is C24H16Cl2FNO3S. The molecule has 3 aromatic carbocycles. The lowest BCUT2D eigenvalue weighted by atomic mass is 10.2. The van der Waals surface area contributed by atoms with Crippen LogP contribution in [0.3, 0.4) is 0 Å². The van der Waals surface area contributed by atoms with E-state index >= 15 is 0 Å². The molecule has 1 aliphatic heterocycles. The second-order valence-corrected chi connectivity index (χ2v) is 8.74. The minimum Gasteiger partial charge on any atom is -0.487 e. The number of amides is 2. The largest absolute Gasteiger partial charge is 0.487 e. The number of imide groups is 1. The van der Waals surface area contributed by atoms with Crippen LogP contribution in [0.5, 0.6) is 5.75 Å². The van der Waals surface area contributed by atoms with Gasteiger partial charge in [-0.3, -0.25) is 14.5 Å². The Hall–Kier alpha value is -2.80. The van der Waals surface area contributed by atoms with Crippen LogP contribution in [-0.2, 0) is 17.9 Å². The van der Waals surface area contributed by atoms with Gasteiger partial charge in [0.2, 0.25) is 0 Å². The van der Waals surface area contributed by atoms with E-state index in [-0.39, 0.29) is 22.0 Å². The van der Waals surface area contributed by atoms with Crippen LogP contribution in [0.2, 0.25) is 10.0 Å². The van der Waals surface area contributed by atoms with E-state index in [2.05, 4.69) is 0 Å². The highest BCUT2D eigenvalue weighted by molar-refractivity contribution is 8.18. The van der Waals surface area contributed by atoms with Gasteiger partial charge in [0.15, 0.2) is 0 Å². The first-order valence-corrected chi connectivity index (χ1v) is 11.1. The van der Waals surface area contributed by atoms with Gasteiger partial charge >= 0.3 is 0 Å². The number of ether oxygens (including phenoxy) is 1. The van der Waals surface area contributed by atoms with Crippen LogP contribution in [0.1, 0.15) is 16.7 Å². The molecule has 0 atom stereocenters. The molecule has 8 heteroatoms. The molecule has 4 rings (SSSR count). The van der Waals surface area contributed by atoms with Crippen LogP contribution in [0.25, 0.3) is 6.08 Å². The van der Waals surface area contributed by atoms with Gasteiger partial charge in [0, 0.05) is 10.6 Å². The fourth-order valence-corrected chi connectivity index (χ4v) is 4.39. The average Bonchev–Trinajstić information content (AvgIpc) is 3.03. The Morgan fingerprint density at radius 2 is 1.75 bits per heavy atom. The number of carbonyl (C=O) groups is 2.